The number of hydrogen-bond acceptors (Lipinski definition) is 8. The lowest BCUT2D eigenvalue weighted by Gasteiger charge is -2.10. The van der Waals surface area contributed by atoms with Gasteiger partial charge in [0.15, 0.2) is 5.76 Å². The summed E-state index contributed by atoms with van der Waals surface area (Å²) in [5.74, 6) is 0.422. The zero-order valence-corrected chi connectivity index (χ0v) is 18.5. The number of nitrogens with zero attached hydrogens (tertiary/aromatic N) is 1. The highest BCUT2D eigenvalue weighted by Crippen LogP contribution is 2.38. The summed E-state index contributed by atoms with van der Waals surface area (Å²) >= 11 is 0. The molecule has 0 bridgehead atoms. The van der Waals surface area contributed by atoms with Crippen molar-refractivity contribution in [2.75, 3.05) is 14.2 Å². The van der Waals surface area contributed by atoms with Gasteiger partial charge in [-0.3, -0.25) is 14.9 Å². The summed E-state index contributed by atoms with van der Waals surface area (Å²) in [6.45, 7) is 1.71. The van der Waals surface area contributed by atoms with Crippen LogP contribution >= 0.6 is 0 Å². The van der Waals surface area contributed by atoms with E-state index in [-0.39, 0.29) is 34.3 Å². The molecule has 0 saturated carbocycles. The number of rotatable bonds is 6. The van der Waals surface area contributed by atoms with Crippen LogP contribution in [0, 0.1) is 17.0 Å². The van der Waals surface area contributed by atoms with Crippen LogP contribution in [0.5, 0.6) is 23.0 Å². The monoisotopic (exact) mass is 461 g/mol. The van der Waals surface area contributed by atoms with Gasteiger partial charge in [0.05, 0.1) is 30.3 Å². The normalized spacial score (nSPS) is 13.3. The Kier molecular flexibility index (Phi) is 6.01. The van der Waals surface area contributed by atoms with Crippen LogP contribution in [0.25, 0.3) is 6.08 Å². The van der Waals surface area contributed by atoms with Crippen LogP contribution in [0.4, 0.5) is 5.69 Å². The lowest BCUT2D eigenvalue weighted by Crippen LogP contribution is -2.09. The SMILES string of the molecule is COc1cc(OC)cc(C(=O)Oc2cc(C)c3c(c2)O/C(=C\c2ccc([N+](=O)[O-])cc2)C3=O)c1. The Balaban J connectivity index is 1.58. The van der Waals surface area contributed by atoms with E-state index in [0.717, 1.165) is 0 Å². The minimum Gasteiger partial charge on any atom is -0.497 e. The zero-order valence-electron chi connectivity index (χ0n) is 18.5. The number of carbonyl (C=O) groups is 2. The van der Waals surface area contributed by atoms with Gasteiger partial charge in [-0.2, -0.15) is 0 Å². The number of hydrogen-bond donors (Lipinski definition) is 0. The molecule has 9 nitrogen and oxygen atoms in total. The number of aryl methyl sites for hydroxylation is 1. The fourth-order valence-electron chi connectivity index (χ4n) is 3.47. The number of benzene rings is 3. The molecular weight excluding hydrogens is 442 g/mol. The molecule has 0 unspecified atom stereocenters. The molecule has 3 aromatic carbocycles. The summed E-state index contributed by atoms with van der Waals surface area (Å²) in [4.78, 5) is 35.9. The van der Waals surface area contributed by atoms with Crippen molar-refractivity contribution < 1.29 is 33.5 Å². The van der Waals surface area contributed by atoms with Crippen molar-refractivity contribution in [1.82, 2.24) is 0 Å². The Labute approximate surface area is 194 Å². The number of esters is 1. The third kappa shape index (κ3) is 4.44. The van der Waals surface area contributed by atoms with E-state index >= 15 is 0 Å². The molecule has 0 radical (unpaired) electrons. The molecule has 0 atom stereocenters. The molecule has 0 saturated heterocycles. The predicted octanol–water partition coefficient (Wildman–Crippen LogP) is 4.76. The quantitative estimate of drug-likeness (QED) is 0.170. The second-order valence-corrected chi connectivity index (χ2v) is 7.39. The second kappa shape index (κ2) is 9.07. The summed E-state index contributed by atoms with van der Waals surface area (Å²) < 4.78 is 21.6. The number of nitro groups is 1. The van der Waals surface area contributed by atoms with Crippen molar-refractivity contribution >= 4 is 23.5 Å². The molecule has 34 heavy (non-hydrogen) atoms. The highest BCUT2D eigenvalue weighted by atomic mass is 16.6. The van der Waals surface area contributed by atoms with Crippen LogP contribution in [-0.4, -0.2) is 30.9 Å². The molecule has 1 aliphatic heterocycles. The van der Waals surface area contributed by atoms with Gasteiger partial charge in [-0.05, 0) is 54.5 Å². The van der Waals surface area contributed by atoms with Crippen LogP contribution in [0.15, 0.2) is 60.4 Å². The Hall–Kier alpha value is -4.66. The van der Waals surface area contributed by atoms with Crippen molar-refractivity contribution in [2.24, 2.45) is 0 Å². The summed E-state index contributed by atoms with van der Waals surface area (Å²) in [5, 5.41) is 10.8. The number of ether oxygens (including phenoxy) is 4. The maximum atomic E-state index is 12.9. The van der Waals surface area contributed by atoms with E-state index in [1.54, 1.807) is 19.1 Å². The molecule has 4 rings (SSSR count). The number of ketones is 1. The molecule has 3 aromatic rings. The van der Waals surface area contributed by atoms with Crippen LogP contribution in [0.2, 0.25) is 0 Å². The molecule has 0 spiro atoms. The fraction of sp³-hybridized carbons (Fsp3) is 0.120. The molecular formula is C25H19NO8. The van der Waals surface area contributed by atoms with Crippen molar-refractivity contribution in [1.29, 1.82) is 0 Å². The Morgan fingerprint density at radius 3 is 2.21 bits per heavy atom. The molecule has 172 valence electrons. The van der Waals surface area contributed by atoms with Crippen LogP contribution < -0.4 is 18.9 Å². The maximum Gasteiger partial charge on any atom is 0.343 e. The summed E-state index contributed by atoms with van der Waals surface area (Å²) in [6.07, 6.45) is 1.50. The standard InChI is InChI=1S/C25H19NO8/c1-14-8-20(33-25(28)16-10-18(31-2)12-19(11-16)32-3)13-21-23(14)24(27)22(34-21)9-15-4-6-17(7-5-15)26(29)30/h4-13H,1-3H3/b22-9-. The highest BCUT2D eigenvalue weighted by Gasteiger charge is 2.30. The Bertz CT molecular complexity index is 1320. The topological polar surface area (TPSA) is 114 Å². The third-order valence-corrected chi connectivity index (χ3v) is 5.14. The first kappa shape index (κ1) is 22.5. The number of nitro benzene ring substituents is 1. The van der Waals surface area contributed by atoms with Crippen LogP contribution in [-0.2, 0) is 0 Å². The van der Waals surface area contributed by atoms with Gasteiger partial charge in [0, 0.05) is 24.3 Å². The van der Waals surface area contributed by atoms with Gasteiger partial charge in [-0.25, -0.2) is 4.79 Å². The molecule has 0 amide bonds. The molecule has 1 aliphatic rings. The number of allylic oxidation sites excluding steroid dienone is 1. The summed E-state index contributed by atoms with van der Waals surface area (Å²) in [7, 11) is 2.95. The van der Waals surface area contributed by atoms with E-state index in [4.69, 9.17) is 18.9 Å². The summed E-state index contributed by atoms with van der Waals surface area (Å²) in [6, 6.07) is 13.4. The molecule has 9 heteroatoms. The smallest absolute Gasteiger partial charge is 0.343 e. The Morgan fingerprint density at radius 1 is 0.971 bits per heavy atom. The van der Waals surface area contributed by atoms with E-state index in [1.807, 2.05) is 0 Å². The fourth-order valence-corrected chi connectivity index (χ4v) is 3.47. The molecule has 0 N–H and O–H groups in total. The molecule has 0 fully saturated rings. The highest BCUT2D eigenvalue weighted by molar-refractivity contribution is 6.15. The first-order valence-corrected chi connectivity index (χ1v) is 10.1. The predicted molar refractivity (Wildman–Crippen MR) is 122 cm³/mol. The summed E-state index contributed by atoms with van der Waals surface area (Å²) in [5.41, 5.74) is 1.67. The number of fused-ring (bicyclic) bond motifs is 1. The van der Waals surface area contributed by atoms with Gasteiger partial charge < -0.3 is 18.9 Å². The van der Waals surface area contributed by atoms with Crippen LogP contribution in [0.3, 0.4) is 0 Å². The number of methoxy groups -OCH3 is 2. The van der Waals surface area contributed by atoms with Gasteiger partial charge in [-0.1, -0.05) is 0 Å². The molecule has 0 aliphatic carbocycles. The van der Waals surface area contributed by atoms with Gasteiger partial charge in [0.1, 0.15) is 23.0 Å². The third-order valence-electron chi connectivity index (χ3n) is 5.14. The van der Waals surface area contributed by atoms with Crippen molar-refractivity contribution in [3.05, 3.63) is 92.7 Å². The molecule has 0 aromatic heterocycles. The molecule has 1 heterocycles. The number of Topliss-reactive ketones (excluding diaryl/α,β-unsaturated/α-hetero) is 1. The first-order valence-electron chi connectivity index (χ1n) is 10.1. The maximum absolute atomic E-state index is 12.9. The minimum atomic E-state index is -0.637. The van der Waals surface area contributed by atoms with Gasteiger partial charge in [0.2, 0.25) is 5.78 Å². The number of carbonyl (C=O) groups excluding carboxylic acids is 2. The van der Waals surface area contributed by atoms with E-state index in [2.05, 4.69) is 0 Å². The Morgan fingerprint density at radius 2 is 1.62 bits per heavy atom. The number of non-ortho nitro benzene ring substituents is 1. The van der Waals surface area contributed by atoms with E-state index in [0.29, 0.717) is 28.2 Å². The van der Waals surface area contributed by atoms with E-state index in [1.165, 1.54) is 62.8 Å². The van der Waals surface area contributed by atoms with Crippen LogP contribution in [0.1, 0.15) is 31.8 Å². The zero-order chi connectivity index (χ0) is 24.4. The second-order valence-electron chi connectivity index (χ2n) is 7.39. The van der Waals surface area contributed by atoms with E-state index < -0.39 is 10.9 Å². The van der Waals surface area contributed by atoms with Crippen molar-refractivity contribution in [2.45, 2.75) is 6.92 Å². The lowest BCUT2D eigenvalue weighted by atomic mass is 10.0. The van der Waals surface area contributed by atoms with Crippen molar-refractivity contribution in [3.63, 3.8) is 0 Å². The largest absolute Gasteiger partial charge is 0.497 e. The average molecular weight is 461 g/mol. The lowest BCUT2D eigenvalue weighted by molar-refractivity contribution is -0.384. The van der Waals surface area contributed by atoms with E-state index in [9.17, 15) is 19.7 Å². The van der Waals surface area contributed by atoms with Gasteiger partial charge in [-0.15, -0.1) is 0 Å². The average Bonchev–Trinajstić information content (AvgIpc) is 3.14. The van der Waals surface area contributed by atoms with Gasteiger partial charge in [0.25, 0.3) is 5.69 Å². The minimum absolute atomic E-state index is 0.0555. The first-order chi connectivity index (χ1) is 16.3. The van der Waals surface area contributed by atoms with Gasteiger partial charge >= 0.3 is 5.97 Å². The van der Waals surface area contributed by atoms with Crippen molar-refractivity contribution in [3.8, 4) is 23.0 Å².